The molecule has 5 nitrogen and oxygen atoms in total. The van der Waals surface area contributed by atoms with E-state index in [-0.39, 0.29) is 10.8 Å². The summed E-state index contributed by atoms with van der Waals surface area (Å²) in [5.41, 5.74) is 3.98. The van der Waals surface area contributed by atoms with E-state index < -0.39 is 10.0 Å². The van der Waals surface area contributed by atoms with Crippen molar-refractivity contribution in [1.82, 2.24) is 0 Å². The Morgan fingerprint density at radius 1 is 0.903 bits per heavy atom. The fourth-order valence-corrected chi connectivity index (χ4v) is 4.54. The first-order chi connectivity index (χ1) is 14.7. The van der Waals surface area contributed by atoms with Crippen molar-refractivity contribution in [3.8, 4) is 0 Å². The van der Waals surface area contributed by atoms with E-state index >= 15 is 0 Å². The topological polar surface area (TPSA) is 75.3 Å². The second-order valence-electron chi connectivity index (χ2n) is 7.42. The van der Waals surface area contributed by atoms with Crippen LogP contribution in [0.4, 0.5) is 11.4 Å². The molecule has 0 aliphatic carbocycles. The van der Waals surface area contributed by atoms with E-state index in [4.69, 9.17) is 11.6 Å². The summed E-state index contributed by atoms with van der Waals surface area (Å²) < 4.78 is 28.1. The highest BCUT2D eigenvalue weighted by molar-refractivity contribution is 7.92. The maximum absolute atomic E-state index is 12.7. The molecule has 162 valence electrons. The van der Waals surface area contributed by atoms with Crippen LogP contribution in [-0.4, -0.2) is 14.3 Å². The van der Waals surface area contributed by atoms with Crippen molar-refractivity contribution in [1.29, 1.82) is 0 Å². The number of benzene rings is 3. The SMILES string of the molecule is Cc1cccc(C)c1NS(=O)(=O)c1ccc(NC(=O)CCCc2ccc(Cl)cc2)cc1. The number of hydrogen-bond acceptors (Lipinski definition) is 3. The first-order valence-corrected chi connectivity index (χ1v) is 11.8. The Morgan fingerprint density at radius 2 is 1.52 bits per heavy atom. The van der Waals surface area contributed by atoms with Crippen LogP contribution in [0.2, 0.25) is 5.02 Å². The van der Waals surface area contributed by atoms with Crippen LogP contribution in [0, 0.1) is 13.8 Å². The minimum absolute atomic E-state index is 0.113. The summed E-state index contributed by atoms with van der Waals surface area (Å²) in [6.45, 7) is 3.72. The second-order valence-corrected chi connectivity index (χ2v) is 9.54. The first-order valence-electron chi connectivity index (χ1n) is 9.98. The summed E-state index contributed by atoms with van der Waals surface area (Å²) in [5.74, 6) is -0.113. The average molecular weight is 457 g/mol. The predicted octanol–water partition coefficient (Wildman–Crippen LogP) is 5.72. The predicted molar refractivity (Wildman–Crippen MR) is 126 cm³/mol. The first kappa shape index (κ1) is 22.8. The number of carbonyl (C=O) groups excluding carboxylic acids is 1. The molecule has 0 unspecified atom stereocenters. The standard InChI is InChI=1S/C24H25ClN2O3S/c1-17-5-3-6-18(2)24(17)27-31(29,30)22-15-13-21(14-16-22)26-23(28)8-4-7-19-9-11-20(25)12-10-19/h3,5-6,9-16,27H,4,7-8H2,1-2H3,(H,26,28). The largest absolute Gasteiger partial charge is 0.326 e. The van der Waals surface area contributed by atoms with Crippen molar-refractivity contribution < 1.29 is 13.2 Å². The van der Waals surface area contributed by atoms with Crippen molar-refractivity contribution in [2.75, 3.05) is 10.0 Å². The summed E-state index contributed by atoms with van der Waals surface area (Å²) >= 11 is 5.87. The van der Waals surface area contributed by atoms with E-state index in [1.54, 1.807) is 12.1 Å². The van der Waals surface area contributed by atoms with Crippen LogP contribution in [-0.2, 0) is 21.2 Å². The molecular formula is C24H25ClN2O3S. The summed E-state index contributed by atoms with van der Waals surface area (Å²) in [6.07, 6.45) is 1.86. The summed E-state index contributed by atoms with van der Waals surface area (Å²) in [4.78, 5) is 12.3. The van der Waals surface area contributed by atoms with Crippen molar-refractivity contribution in [2.24, 2.45) is 0 Å². The molecule has 0 saturated heterocycles. The Kier molecular flexibility index (Phi) is 7.36. The van der Waals surface area contributed by atoms with Crippen molar-refractivity contribution >= 4 is 38.9 Å². The van der Waals surface area contributed by atoms with Gasteiger partial charge in [-0.2, -0.15) is 0 Å². The lowest BCUT2D eigenvalue weighted by molar-refractivity contribution is -0.116. The minimum atomic E-state index is -3.72. The number of rotatable bonds is 8. The van der Waals surface area contributed by atoms with Gasteiger partial charge < -0.3 is 5.32 Å². The third kappa shape index (κ3) is 6.32. The Labute approximate surface area is 188 Å². The van der Waals surface area contributed by atoms with Crippen molar-refractivity contribution in [3.05, 3.63) is 88.4 Å². The van der Waals surface area contributed by atoms with Crippen LogP contribution in [0.1, 0.15) is 29.5 Å². The molecule has 0 saturated carbocycles. The molecule has 1 amide bonds. The number of carbonyl (C=O) groups is 1. The molecule has 7 heteroatoms. The maximum Gasteiger partial charge on any atom is 0.261 e. The normalized spacial score (nSPS) is 11.2. The van der Waals surface area contributed by atoms with Crippen molar-refractivity contribution in [3.63, 3.8) is 0 Å². The Hall–Kier alpha value is -2.83. The molecule has 2 N–H and O–H groups in total. The van der Waals surface area contributed by atoms with Crippen LogP contribution in [0.3, 0.4) is 0 Å². The molecule has 3 rings (SSSR count). The number of amides is 1. The van der Waals surface area contributed by atoms with Gasteiger partial charge >= 0.3 is 0 Å². The lowest BCUT2D eigenvalue weighted by Gasteiger charge is -2.13. The van der Waals surface area contributed by atoms with Gasteiger partial charge in [-0.25, -0.2) is 8.42 Å². The Bertz CT molecular complexity index is 1140. The molecule has 0 atom stereocenters. The molecule has 0 aromatic heterocycles. The Morgan fingerprint density at radius 3 is 2.13 bits per heavy atom. The minimum Gasteiger partial charge on any atom is -0.326 e. The third-order valence-electron chi connectivity index (χ3n) is 4.95. The van der Waals surface area contributed by atoms with Gasteiger partial charge in [0.15, 0.2) is 0 Å². The number of hydrogen-bond donors (Lipinski definition) is 2. The highest BCUT2D eigenvalue weighted by Gasteiger charge is 2.16. The van der Waals surface area contributed by atoms with Gasteiger partial charge in [0.05, 0.1) is 10.6 Å². The molecule has 3 aromatic rings. The molecule has 0 heterocycles. The monoisotopic (exact) mass is 456 g/mol. The zero-order valence-electron chi connectivity index (χ0n) is 17.5. The lowest BCUT2D eigenvalue weighted by Crippen LogP contribution is -2.15. The van der Waals surface area contributed by atoms with Gasteiger partial charge in [0.1, 0.15) is 0 Å². The number of halogens is 1. The zero-order valence-corrected chi connectivity index (χ0v) is 19.1. The van der Waals surface area contributed by atoms with E-state index in [0.29, 0.717) is 29.2 Å². The number of nitrogens with one attached hydrogen (secondary N) is 2. The van der Waals surface area contributed by atoms with E-state index in [1.807, 2.05) is 56.3 Å². The van der Waals surface area contributed by atoms with Gasteiger partial charge in [0.25, 0.3) is 10.0 Å². The number of anilines is 2. The van der Waals surface area contributed by atoms with E-state index in [9.17, 15) is 13.2 Å². The second kappa shape index (κ2) is 9.98. The highest BCUT2D eigenvalue weighted by Crippen LogP contribution is 2.24. The fraction of sp³-hybridized carbons (Fsp3) is 0.208. The smallest absolute Gasteiger partial charge is 0.261 e. The summed E-state index contributed by atoms with van der Waals surface area (Å²) in [5, 5.41) is 3.50. The van der Waals surface area contributed by atoms with Crippen LogP contribution in [0.15, 0.2) is 71.6 Å². The van der Waals surface area contributed by atoms with Crippen LogP contribution in [0.25, 0.3) is 0 Å². The molecule has 0 aliphatic rings. The van der Waals surface area contributed by atoms with Gasteiger partial charge in [-0.15, -0.1) is 0 Å². The van der Waals surface area contributed by atoms with Gasteiger partial charge in [-0.05, 0) is 79.8 Å². The molecule has 0 bridgehead atoms. The quantitative estimate of drug-likeness (QED) is 0.455. The van der Waals surface area contributed by atoms with Gasteiger partial charge in [0.2, 0.25) is 5.91 Å². The molecule has 0 spiro atoms. The average Bonchev–Trinajstić information content (AvgIpc) is 2.73. The molecule has 0 aliphatic heterocycles. The molecule has 0 radical (unpaired) electrons. The third-order valence-corrected chi connectivity index (χ3v) is 6.57. The molecule has 31 heavy (non-hydrogen) atoms. The van der Waals surface area contributed by atoms with E-state index in [2.05, 4.69) is 10.0 Å². The molecular weight excluding hydrogens is 432 g/mol. The number of sulfonamides is 1. The van der Waals surface area contributed by atoms with Gasteiger partial charge in [-0.1, -0.05) is 41.9 Å². The highest BCUT2D eigenvalue weighted by atomic mass is 35.5. The Balaban J connectivity index is 1.56. The zero-order chi connectivity index (χ0) is 22.4. The lowest BCUT2D eigenvalue weighted by atomic mass is 10.1. The molecule has 3 aromatic carbocycles. The number of para-hydroxylation sites is 1. The molecule has 0 fully saturated rings. The van der Waals surface area contributed by atoms with Gasteiger partial charge in [-0.3, -0.25) is 9.52 Å². The maximum atomic E-state index is 12.7. The van der Waals surface area contributed by atoms with Crippen LogP contribution < -0.4 is 10.0 Å². The summed E-state index contributed by atoms with van der Waals surface area (Å²) in [6, 6.07) is 19.3. The van der Waals surface area contributed by atoms with Crippen LogP contribution >= 0.6 is 11.6 Å². The summed E-state index contributed by atoms with van der Waals surface area (Å²) in [7, 11) is -3.72. The van der Waals surface area contributed by atoms with Crippen molar-refractivity contribution in [2.45, 2.75) is 38.0 Å². The van der Waals surface area contributed by atoms with E-state index in [1.165, 1.54) is 12.1 Å². The fourth-order valence-electron chi connectivity index (χ4n) is 3.21. The number of aryl methyl sites for hydroxylation is 3. The van der Waals surface area contributed by atoms with E-state index in [0.717, 1.165) is 23.1 Å². The van der Waals surface area contributed by atoms with Crippen LogP contribution in [0.5, 0.6) is 0 Å². The van der Waals surface area contributed by atoms with Gasteiger partial charge in [0, 0.05) is 17.1 Å².